The smallest absolute Gasteiger partial charge is 0.314 e. The Balaban J connectivity index is 2.00. The van der Waals surface area contributed by atoms with Gasteiger partial charge in [0.05, 0.1) is 0 Å². The van der Waals surface area contributed by atoms with E-state index in [2.05, 4.69) is 16.0 Å². The number of aliphatic carboxylic acids is 1. The van der Waals surface area contributed by atoms with Gasteiger partial charge in [-0.1, -0.05) is 6.92 Å². The van der Waals surface area contributed by atoms with E-state index < -0.39 is 5.97 Å². The zero-order valence-corrected chi connectivity index (χ0v) is 12.5. The fourth-order valence-corrected chi connectivity index (χ4v) is 2.47. The van der Waals surface area contributed by atoms with Gasteiger partial charge in [0.25, 0.3) is 0 Å². The molecule has 0 bridgehead atoms. The van der Waals surface area contributed by atoms with Crippen LogP contribution in [-0.4, -0.2) is 30.2 Å². The molecule has 5 nitrogen and oxygen atoms in total. The second kappa shape index (κ2) is 9.36. The third-order valence-electron chi connectivity index (χ3n) is 3.05. The minimum Gasteiger partial charge on any atom is -0.481 e. The number of carbonyl (C=O) groups is 2. The Kier molecular flexibility index (Phi) is 7.72. The van der Waals surface area contributed by atoms with E-state index in [1.165, 1.54) is 5.56 Å². The number of carbonyl (C=O) groups excluding carboxylic acids is 1. The van der Waals surface area contributed by atoms with Gasteiger partial charge in [-0.2, -0.15) is 11.3 Å². The maximum absolute atomic E-state index is 11.5. The lowest BCUT2D eigenvalue weighted by Crippen LogP contribution is -2.37. The van der Waals surface area contributed by atoms with Crippen molar-refractivity contribution in [3.8, 4) is 0 Å². The Hall–Kier alpha value is -1.56. The van der Waals surface area contributed by atoms with E-state index in [4.69, 9.17) is 5.11 Å². The van der Waals surface area contributed by atoms with E-state index in [9.17, 15) is 9.59 Å². The van der Waals surface area contributed by atoms with Crippen molar-refractivity contribution >= 4 is 23.3 Å². The number of hydrogen-bond donors (Lipinski definition) is 3. The molecule has 3 N–H and O–H groups in total. The standard InChI is InChI=1S/C14H22N2O3S/c1-11(2-3-13(17)18)4-7-15-14(19)16-8-5-12-6-9-20-10-12/h6,9-11H,2-5,7-8H2,1H3,(H,17,18)(H2,15,16,19). The van der Waals surface area contributed by atoms with Crippen LogP contribution in [0.5, 0.6) is 0 Å². The molecular weight excluding hydrogens is 276 g/mol. The predicted octanol–water partition coefficient (Wildman–Crippen LogP) is 2.48. The number of nitrogens with one attached hydrogen (secondary N) is 2. The first-order chi connectivity index (χ1) is 9.58. The molecular formula is C14H22N2O3S. The van der Waals surface area contributed by atoms with Crippen LogP contribution in [0.2, 0.25) is 0 Å². The van der Waals surface area contributed by atoms with Crippen LogP contribution in [0.25, 0.3) is 0 Å². The highest BCUT2D eigenvalue weighted by atomic mass is 32.1. The van der Waals surface area contributed by atoms with Crippen molar-refractivity contribution in [3.63, 3.8) is 0 Å². The van der Waals surface area contributed by atoms with Crippen LogP contribution in [0.3, 0.4) is 0 Å². The number of amides is 2. The van der Waals surface area contributed by atoms with Gasteiger partial charge in [0.1, 0.15) is 0 Å². The maximum Gasteiger partial charge on any atom is 0.314 e. The molecule has 0 aliphatic heterocycles. The highest BCUT2D eigenvalue weighted by Crippen LogP contribution is 2.09. The maximum atomic E-state index is 11.5. The number of rotatable bonds is 9. The first-order valence-corrected chi connectivity index (χ1v) is 7.76. The van der Waals surface area contributed by atoms with Crippen molar-refractivity contribution < 1.29 is 14.7 Å². The van der Waals surface area contributed by atoms with Crippen LogP contribution in [0.4, 0.5) is 4.79 Å². The molecule has 2 amide bonds. The summed E-state index contributed by atoms with van der Waals surface area (Å²) in [5.74, 6) is -0.465. The van der Waals surface area contributed by atoms with Crippen LogP contribution in [0.1, 0.15) is 31.7 Å². The van der Waals surface area contributed by atoms with Crippen molar-refractivity contribution in [2.45, 2.75) is 32.6 Å². The molecule has 0 saturated carbocycles. The summed E-state index contributed by atoms with van der Waals surface area (Å²) in [4.78, 5) is 21.9. The molecule has 1 unspecified atom stereocenters. The van der Waals surface area contributed by atoms with E-state index in [1.807, 2.05) is 18.4 Å². The monoisotopic (exact) mass is 298 g/mol. The lowest BCUT2D eigenvalue weighted by atomic mass is 10.0. The average molecular weight is 298 g/mol. The number of urea groups is 1. The minimum absolute atomic E-state index is 0.161. The fraction of sp³-hybridized carbons (Fsp3) is 0.571. The van der Waals surface area contributed by atoms with Gasteiger partial charge in [0.2, 0.25) is 0 Å². The van der Waals surface area contributed by atoms with E-state index in [0.717, 1.165) is 12.8 Å². The summed E-state index contributed by atoms with van der Waals surface area (Å²) in [6.45, 7) is 3.20. The van der Waals surface area contributed by atoms with E-state index in [-0.39, 0.29) is 12.5 Å². The van der Waals surface area contributed by atoms with Crippen molar-refractivity contribution in [2.75, 3.05) is 13.1 Å². The third-order valence-corrected chi connectivity index (χ3v) is 3.79. The molecule has 1 aromatic rings. The largest absolute Gasteiger partial charge is 0.481 e. The number of carboxylic acids is 1. The van der Waals surface area contributed by atoms with E-state index in [1.54, 1.807) is 11.3 Å². The highest BCUT2D eigenvalue weighted by Gasteiger charge is 2.06. The second-order valence-electron chi connectivity index (χ2n) is 4.89. The Morgan fingerprint density at radius 1 is 1.30 bits per heavy atom. The molecule has 1 aromatic heterocycles. The molecule has 0 aliphatic carbocycles. The minimum atomic E-state index is -0.768. The van der Waals surface area contributed by atoms with Crippen molar-refractivity contribution in [3.05, 3.63) is 22.4 Å². The van der Waals surface area contributed by atoms with Gasteiger partial charge in [-0.05, 0) is 47.6 Å². The van der Waals surface area contributed by atoms with Crippen molar-refractivity contribution in [1.29, 1.82) is 0 Å². The summed E-state index contributed by atoms with van der Waals surface area (Å²) in [7, 11) is 0. The SMILES string of the molecule is CC(CCNC(=O)NCCc1ccsc1)CCC(=O)O. The molecule has 0 fully saturated rings. The molecule has 0 aliphatic rings. The normalized spacial score (nSPS) is 11.8. The molecule has 112 valence electrons. The molecule has 6 heteroatoms. The predicted molar refractivity (Wildman–Crippen MR) is 80.1 cm³/mol. The van der Waals surface area contributed by atoms with Crippen LogP contribution in [0, 0.1) is 5.92 Å². The number of carboxylic acid groups (broad SMARTS) is 1. The number of hydrogen-bond acceptors (Lipinski definition) is 3. The first-order valence-electron chi connectivity index (χ1n) is 6.82. The molecule has 1 rings (SSSR count). The van der Waals surface area contributed by atoms with Crippen LogP contribution in [0.15, 0.2) is 16.8 Å². The fourth-order valence-electron chi connectivity index (χ4n) is 1.76. The zero-order valence-electron chi connectivity index (χ0n) is 11.7. The summed E-state index contributed by atoms with van der Waals surface area (Å²) in [5.41, 5.74) is 1.23. The van der Waals surface area contributed by atoms with Crippen molar-refractivity contribution in [1.82, 2.24) is 10.6 Å². The Labute approximate surface area is 123 Å². The lowest BCUT2D eigenvalue weighted by Gasteiger charge is -2.11. The lowest BCUT2D eigenvalue weighted by molar-refractivity contribution is -0.137. The summed E-state index contributed by atoms with van der Waals surface area (Å²) in [6.07, 6.45) is 2.47. The third kappa shape index (κ3) is 7.78. The van der Waals surface area contributed by atoms with Crippen molar-refractivity contribution in [2.24, 2.45) is 5.92 Å². The molecule has 20 heavy (non-hydrogen) atoms. The molecule has 1 atom stereocenters. The van der Waals surface area contributed by atoms with Gasteiger partial charge in [-0.25, -0.2) is 4.79 Å². The van der Waals surface area contributed by atoms with E-state index >= 15 is 0 Å². The topological polar surface area (TPSA) is 78.4 Å². The highest BCUT2D eigenvalue weighted by molar-refractivity contribution is 7.07. The number of thiophene rings is 1. The average Bonchev–Trinajstić information content (AvgIpc) is 2.89. The van der Waals surface area contributed by atoms with Gasteiger partial charge < -0.3 is 15.7 Å². The van der Waals surface area contributed by atoms with Crippen LogP contribution < -0.4 is 10.6 Å². The zero-order chi connectivity index (χ0) is 14.8. The van der Waals surface area contributed by atoms with Gasteiger partial charge >= 0.3 is 12.0 Å². The van der Waals surface area contributed by atoms with E-state index in [0.29, 0.717) is 25.4 Å². The molecule has 0 spiro atoms. The second-order valence-corrected chi connectivity index (χ2v) is 5.67. The van der Waals surface area contributed by atoms with Gasteiger partial charge in [0.15, 0.2) is 0 Å². The molecule has 0 radical (unpaired) electrons. The Morgan fingerprint density at radius 2 is 2.05 bits per heavy atom. The van der Waals surface area contributed by atoms with Crippen LogP contribution in [-0.2, 0) is 11.2 Å². The summed E-state index contributed by atoms with van der Waals surface area (Å²) < 4.78 is 0. The summed E-state index contributed by atoms with van der Waals surface area (Å²) in [5, 5.41) is 18.3. The molecule has 0 aromatic carbocycles. The van der Waals surface area contributed by atoms with Crippen LogP contribution >= 0.6 is 11.3 Å². The molecule has 0 saturated heterocycles. The quantitative estimate of drug-likeness (QED) is 0.655. The first kappa shape index (κ1) is 16.5. The summed E-state index contributed by atoms with van der Waals surface area (Å²) in [6, 6.07) is 1.89. The van der Waals surface area contributed by atoms with Gasteiger partial charge in [0, 0.05) is 19.5 Å². The Bertz CT molecular complexity index is 407. The summed E-state index contributed by atoms with van der Waals surface area (Å²) >= 11 is 1.65. The van der Waals surface area contributed by atoms with Gasteiger partial charge in [-0.3, -0.25) is 4.79 Å². The molecule has 1 heterocycles. The Morgan fingerprint density at radius 3 is 2.70 bits per heavy atom. The van der Waals surface area contributed by atoms with Gasteiger partial charge in [-0.15, -0.1) is 0 Å².